The molecule has 2 aliphatic carbocycles. The topological polar surface area (TPSA) is 88.2 Å². The summed E-state index contributed by atoms with van der Waals surface area (Å²) in [6.45, 7) is 6.38. The summed E-state index contributed by atoms with van der Waals surface area (Å²) in [7, 11) is 0. The van der Waals surface area contributed by atoms with Gasteiger partial charge in [-0.05, 0) is 73.9 Å². The van der Waals surface area contributed by atoms with Crippen LogP contribution in [0.3, 0.4) is 0 Å². The predicted octanol–water partition coefficient (Wildman–Crippen LogP) is 7.00. The lowest BCUT2D eigenvalue weighted by Crippen LogP contribution is -2.56. The van der Waals surface area contributed by atoms with E-state index in [1.165, 1.54) is 0 Å². The molecule has 0 spiro atoms. The second-order valence-electron chi connectivity index (χ2n) is 13.3. The Bertz CT molecular complexity index is 1540. The van der Waals surface area contributed by atoms with Crippen molar-refractivity contribution in [3.8, 4) is 11.1 Å². The molecule has 3 aliphatic rings. The fraction of sp³-hybridized carbons (Fsp3) is 0.417. The Morgan fingerprint density at radius 1 is 0.911 bits per heavy atom. The van der Waals surface area contributed by atoms with Crippen LogP contribution in [0.1, 0.15) is 62.6 Å². The van der Waals surface area contributed by atoms with E-state index in [4.69, 9.17) is 21.1 Å². The van der Waals surface area contributed by atoms with Gasteiger partial charge in [-0.1, -0.05) is 78.3 Å². The lowest BCUT2D eigenvalue weighted by Gasteiger charge is -2.39. The van der Waals surface area contributed by atoms with E-state index in [-0.39, 0.29) is 37.6 Å². The molecule has 2 fully saturated rings. The van der Waals surface area contributed by atoms with E-state index in [2.05, 4.69) is 29.6 Å². The third-order valence-electron chi connectivity index (χ3n) is 8.68. The highest BCUT2D eigenvalue weighted by Crippen LogP contribution is 2.44. The summed E-state index contributed by atoms with van der Waals surface area (Å²) in [4.78, 5) is 44.0. The molecule has 3 amide bonds. The number of amides is 3. The molecule has 1 N–H and O–H groups in total. The molecule has 8 nitrogen and oxygen atoms in total. The largest absolute Gasteiger partial charge is 0.448 e. The van der Waals surface area contributed by atoms with Crippen molar-refractivity contribution in [2.24, 2.45) is 5.92 Å². The highest BCUT2D eigenvalue weighted by molar-refractivity contribution is 6.31. The summed E-state index contributed by atoms with van der Waals surface area (Å²) in [5.74, 6) is -0.660. The molecule has 3 aromatic carbocycles. The van der Waals surface area contributed by atoms with Crippen LogP contribution < -0.4 is 5.32 Å². The van der Waals surface area contributed by atoms with Gasteiger partial charge in [-0.2, -0.15) is 0 Å². The van der Waals surface area contributed by atoms with Gasteiger partial charge < -0.3 is 24.6 Å². The highest BCUT2D eigenvalue weighted by Gasteiger charge is 2.42. The first-order valence-electron chi connectivity index (χ1n) is 15.7. The van der Waals surface area contributed by atoms with Gasteiger partial charge in [0.15, 0.2) is 0 Å². The van der Waals surface area contributed by atoms with E-state index in [1.807, 2.05) is 53.4 Å². The fourth-order valence-corrected chi connectivity index (χ4v) is 6.70. The van der Waals surface area contributed by atoms with Crippen LogP contribution in [0.4, 0.5) is 9.59 Å². The Hall–Kier alpha value is -4.04. The normalized spacial score (nSPS) is 19.3. The number of hydrogen-bond donors (Lipinski definition) is 1. The first-order chi connectivity index (χ1) is 21.6. The molecular formula is C36H40ClN3O5. The zero-order chi connectivity index (χ0) is 31.7. The van der Waals surface area contributed by atoms with Crippen LogP contribution >= 0.6 is 11.6 Å². The van der Waals surface area contributed by atoms with Gasteiger partial charge in [0.2, 0.25) is 5.91 Å². The highest BCUT2D eigenvalue weighted by atomic mass is 35.5. The average Bonchev–Trinajstić information content (AvgIpc) is 3.80. The van der Waals surface area contributed by atoms with Gasteiger partial charge in [0, 0.05) is 36.6 Å². The predicted molar refractivity (Wildman–Crippen MR) is 173 cm³/mol. The molecule has 0 bridgehead atoms. The Morgan fingerprint density at radius 3 is 2.16 bits per heavy atom. The van der Waals surface area contributed by atoms with E-state index in [0.717, 1.165) is 40.7 Å². The molecule has 236 valence electrons. The summed E-state index contributed by atoms with van der Waals surface area (Å²) in [6, 6.07) is 23.6. The van der Waals surface area contributed by atoms with Crippen molar-refractivity contribution in [3.05, 3.63) is 94.5 Å². The smallest absolute Gasteiger partial charge is 0.409 e. The maximum atomic E-state index is 14.1. The van der Waals surface area contributed by atoms with E-state index in [9.17, 15) is 14.4 Å². The molecule has 0 unspecified atom stereocenters. The van der Waals surface area contributed by atoms with Crippen molar-refractivity contribution in [1.29, 1.82) is 0 Å². The van der Waals surface area contributed by atoms with Gasteiger partial charge in [-0.25, -0.2) is 9.59 Å². The molecule has 0 aromatic heterocycles. The lowest BCUT2D eigenvalue weighted by atomic mass is 9.92. The number of carbonyl (C=O) groups is 3. The van der Waals surface area contributed by atoms with Gasteiger partial charge in [-0.3, -0.25) is 4.79 Å². The zero-order valence-corrected chi connectivity index (χ0v) is 26.8. The molecular weight excluding hydrogens is 590 g/mol. The standard InChI is InChI=1S/C36H40ClN3O5/c1-36(2,3)45-34(42)38-25-18-24(33(41)40(26-16-17-26)20-23-10-4-9-15-32(23)37)19-39(21-25)35(43)44-22-31-29-13-7-5-11-27(29)28-12-6-8-14-30(28)31/h4-15,24-26,31H,16-22H2,1-3H3,(H,38,42)/t24-,25+/m0/s1. The van der Waals surface area contributed by atoms with E-state index < -0.39 is 29.7 Å². The number of likely N-dealkylation sites (tertiary alicyclic amines) is 1. The second kappa shape index (κ2) is 12.8. The molecule has 9 heteroatoms. The van der Waals surface area contributed by atoms with Crippen LogP contribution in [0, 0.1) is 5.92 Å². The SMILES string of the molecule is CC(C)(C)OC(=O)N[C@@H]1C[C@H](C(=O)N(Cc2ccccc2Cl)C2CC2)CN(C(=O)OCC2c3ccccc3-c3ccccc32)C1. The number of alkyl carbamates (subject to hydrolysis) is 1. The molecule has 0 radical (unpaired) electrons. The van der Waals surface area contributed by atoms with Crippen LogP contribution in [0.25, 0.3) is 11.1 Å². The number of carbonyl (C=O) groups excluding carboxylic acids is 3. The maximum Gasteiger partial charge on any atom is 0.409 e. The van der Waals surface area contributed by atoms with Gasteiger partial charge in [0.05, 0.1) is 12.0 Å². The molecule has 1 aliphatic heterocycles. The fourth-order valence-electron chi connectivity index (χ4n) is 6.51. The summed E-state index contributed by atoms with van der Waals surface area (Å²) in [5.41, 5.74) is 4.76. The van der Waals surface area contributed by atoms with Crippen LogP contribution in [-0.4, -0.2) is 65.3 Å². The number of nitrogens with one attached hydrogen (secondary N) is 1. The van der Waals surface area contributed by atoms with Gasteiger partial charge in [0.1, 0.15) is 12.2 Å². The molecule has 1 saturated carbocycles. The third kappa shape index (κ3) is 7.12. The number of ether oxygens (including phenoxy) is 2. The minimum absolute atomic E-state index is 0.0513. The monoisotopic (exact) mass is 629 g/mol. The molecule has 2 atom stereocenters. The van der Waals surface area contributed by atoms with Crippen LogP contribution in [0.5, 0.6) is 0 Å². The summed E-state index contributed by atoms with van der Waals surface area (Å²) < 4.78 is 11.5. The summed E-state index contributed by atoms with van der Waals surface area (Å²) in [6.07, 6.45) is 1.16. The van der Waals surface area contributed by atoms with Gasteiger partial charge in [0.25, 0.3) is 0 Å². The molecule has 45 heavy (non-hydrogen) atoms. The Morgan fingerprint density at radius 2 is 1.53 bits per heavy atom. The number of nitrogens with zero attached hydrogens (tertiary/aromatic N) is 2. The Balaban J connectivity index is 1.19. The van der Waals surface area contributed by atoms with Gasteiger partial charge >= 0.3 is 12.2 Å². The minimum atomic E-state index is -0.682. The lowest BCUT2D eigenvalue weighted by molar-refractivity contribution is -0.138. The van der Waals surface area contributed by atoms with E-state index in [0.29, 0.717) is 18.0 Å². The number of piperidine rings is 1. The number of fused-ring (bicyclic) bond motifs is 3. The summed E-state index contributed by atoms with van der Waals surface area (Å²) >= 11 is 6.46. The van der Waals surface area contributed by atoms with Crippen LogP contribution in [0.2, 0.25) is 5.02 Å². The molecule has 1 saturated heterocycles. The number of rotatable bonds is 7. The number of benzene rings is 3. The second-order valence-corrected chi connectivity index (χ2v) is 13.7. The van der Waals surface area contributed by atoms with Crippen molar-refractivity contribution in [2.45, 2.75) is 70.2 Å². The van der Waals surface area contributed by atoms with Gasteiger partial charge in [-0.15, -0.1) is 0 Å². The molecule has 1 heterocycles. The van der Waals surface area contributed by atoms with E-state index >= 15 is 0 Å². The average molecular weight is 630 g/mol. The van der Waals surface area contributed by atoms with Crippen LogP contribution in [-0.2, 0) is 20.8 Å². The van der Waals surface area contributed by atoms with Crippen molar-refractivity contribution >= 4 is 29.7 Å². The summed E-state index contributed by atoms with van der Waals surface area (Å²) in [5, 5.41) is 3.52. The van der Waals surface area contributed by atoms with Crippen molar-refractivity contribution in [3.63, 3.8) is 0 Å². The minimum Gasteiger partial charge on any atom is -0.448 e. The number of halogens is 1. The van der Waals surface area contributed by atoms with Crippen molar-refractivity contribution in [1.82, 2.24) is 15.1 Å². The van der Waals surface area contributed by atoms with Crippen molar-refractivity contribution in [2.75, 3.05) is 19.7 Å². The van der Waals surface area contributed by atoms with E-state index in [1.54, 1.807) is 25.7 Å². The quantitative estimate of drug-likeness (QED) is 0.304. The Kier molecular flexibility index (Phi) is 8.78. The Labute approximate surface area is 269 Å². The first kappa shape index (κ1) is 31.0. The third-order valence-corrected chi connectivity index (χ3v) is 9.05. The van der Waals surface area contributed by atoms with Crippen LogP contribution in [0.15, 0.2) is 72.8 Å². The number of hydrogen-bond acceptors (Lipinski definition) is 5. The zero-order valence-electron chi connectivity index (χ0n) is 26.0. The maximum absolute atomic E-state index is 14.1. The molecule has 3 aromatic rings. The molecule has 6 rings (SSSR count). The van der Waals surface area contributed by atoms with Crippen molar-refractivity contribution < 1.29 is 23.9 Å². The first-order valence-corrected chi connectivity index (χ1v) is 16.1.